The van der Waals surface area contributed by atoms with E-state index in [-0.39, 0.29) is 29.6 Å². The Balaban J connectivity index is 0. The first kappa shape index (κ1) is 9.38. The molecule has 0 unspecified atom stereocenters. The van der Waals surface area contributed by atoms with E-state index in [4.69, 9.17) is 0 Å². The average molecular weight is 80.1 g/mol. The molecule has 1 heteroatoms. The molecule has 0 fully saturated rings. The molecule has 0 bridgehead atoms. The third kappa shape index (κ3) is 45.0. The third-order valence-electron chi connectivity index (χ3n) is 0. The van der Waals surface area contributed by atoms with Crippen LogP contribution in [0.2, 0.25) is 0 Å². The second kappa shape index (κ2) is 5.00. The van der Waals surface area contributed by atoms with Gasteiger partial charge in [0.25, 0.3) is 0 Å². The van der Waals surface area contributed by atoms with Crippen LogP contribution in [0.5, 0.6) is 0 Å². The second-order valence-corrected chi connectivity index (χ2v) is 1.39. The fourth-order valence-corrected chi connectivity index (χ4v) is 0. The fraction of sp³-hybridized carbons (Fsp3) is 0.750. The minimum absolute atomic E-state index is 0. The van der Waals surface area contributed by atoms with E-state index in [1.54, 1.807) is 0 Å². The molecule has 0 aliphatic heterocycles. The van der Waals surface area contributed by atoms with Gasteiger partial charge in [0.2, 0.25) is 0 Å². The summed E-state index contributed by atoms with van der Waals surface area (Å²) in [6.07, 6.45) is 0. The number of hydrogen-bond acceptors (Lipinski definition) is 0. The molecule has 0 amide bonds. The molecule has 0 N–H and O–H groups in total. The Labute approximate surface area is 56.2 Å². The van der Waals surface area contributed by atoms with Crippen LogP contribution in [-0.4, -0.2) is 0 Å². The van der Waals surface area contributed by atoms with E-state index in [0.717, 1.165) is 0 Å². The molecule has 0 heterocycles. The quantitative estimate of drug-likeness (QED) is 0.245. The Morgan fingerprint density at radius 2 is 1.40 bits per heavy atom. The smallest absolute Gasteiger partial charge is 0.341 e. The minimum Gasteiger partial charge on any atom is -0.341 e. The summed E-state index contributed by atoms with van der Waals surface area (Å²) in [7, 11) is 0. The van der Waals surface area contributed by atoms with Crippen molar-refractivity contribution in [2.75, 3.05) is 0 Å². The van der Waals surface area contributed by atoms with Crippen LogP contribution < -0.4 is 29.6 Å². The van der Waals surface area contributed by atoms with Crippen LogP contribution in [-0.2, 0) is 0 Å². The van der Waals surface area contributed by atoms with Crippen molar-refractivity contribution in [2.45, 2.75) is 13.8 Å². The maximum Gasteiger partial charge on any atom is 1.00 e. The van der Waals surface area contributed by atoms with Crippen molar-refractivity contribution in [2.24, 2.45) is 5.92 Å². The molecule has 26 valence electrons. The largest absolute Gasteiger partial charge is 1.00 e. The van der Waals surface area contributed by atoms with Crippen molar-refractivity contribution in [3.05, 3.63) is 6.92 Å². The van der Waals surface area contributed by atoms with Crippen molar-refractivity contribution in [3.63, 3.8) is 0 Å². The molecule has 5 heavy (non-hydrogen) atoms. The van der Waals surface area contributed by atoms with Crippen LogP contribution in [0.25, 0.3) is 0 Å². The molecule has 0 aromatic heterocycles. The molecule has 0 aromatic carbocycles. The summed E-state index contributed by atoms with van der Waals surface area (Å²) in [4.78, 5) is 0. The molecular weight excluding hydrogens is 71.0 g/mol. The van der Waals surface area contributed by atoms with Crippen LogP contribution in [0, 0.1) is 12.8 Å². The van der Waals surface area contributed by atoms with Crippen molar-refractivity contribution in [3.8, 4) is 0 Å². The van der Waals surface area contributed by atoms with Gasteiger partial charge in [0.1, 0.15) is 0 Å². The monoisotopic (exact) mass is 80.1 g/mol. The minimum atomic E-state index is 0. The van der Waals surface area contributed by atoms with Gasteiger partial charge in [-0.2, -0.15) is 5.92 Å². The summed E-state index contributed by atoms with van der Waals surface area (Å²) in [5, 5.41) is 0. The van der Waals surface area contributed by atoms with E-state index >= 15 is 0 Å². The maximum atomic E-state index is 3.64. The van der Waals surface area contributed by atoms with Crippen molar-refractivity contribution in [1.29, 1.82) is 0 Å². The first-order valence-corrected chi connectivity index (χ1v) is 1.56. The van der Waals surface area contributed by atoms with Gasteiger partial charge in [-0.15, -0.1) is 0 Å². The van der Waals surface area contributed by atoms with E-state index in [1.165, 1.54) is 0 Å². The summed E-state index contributed by atoms with van der Waals surface area (Å²) in [6, 6.07) is 0. The van der Waals surface area contributed by atoms with Gasteiger partial charge in [0.15, 0.2) is 0 Å². The van der Waals surface area contributed by atoms with Gasteiger partial charge >= 0.3 is 29.6 Å². The fourth-order valence-electron chi connectivity index (χ4n) is 0. The van der Waals surface area contributed by atoms with Crippen LogP contribution in [0.1, 0.15) is 13.8 Å². The first-order valence-electron chi connectivity index (χ1n) is 1.56. The molecule has 0 atom stereocenters. The van der Waals surface area contributed by atoms with Gasteiger partial charge < -0.3 is 6.92 Å². The molecule has 0 saturated carbocycles. The average Bonchev–Trinajstić information content (AvgIpc) is 0.811. The van der Waals surface area contributed by atoms with E-state index < -0.39 is 0 Å². The van der Waals surface area contributed by atoms with Gasteiger partial charge in [0.05, 0.1) is 0 Å². The Bertz CT molecular complexity index is 8.36. The molecular formula is C4H9Na. The summed E-state index contributed by atoms with van der Waals surface area (Å²) in [5.41, 5.74) is 0. The summed E-state index contributed by atoms with van der Waals surface area (Å²) >= 11 is 0. The summed E-state index contributed by atoms with van der Waals surface area (Å²) < 4.78 is 0. The van der Waals surface area contributed by atoms with Crippen LogP contribution >= 0.6 is 0 Å². The van der Waals surface area contributed by atoms with E-state index in [0.29, 0.717) is 5.92 Å². The van der Waals surface area contributed by atoms with Gasteiger partial charge in [-0.3, -0.25) is 0 Å². The van der Waals surface area contributed by atoms with Crippen molar-refractivity contribution in [1.82, 2.24) is 0 Å². The molecule has 0 aliphatic carbocycles. The van der Waals surface area contributed by atoms with E-state index in [9.17, 15) is 0 Å². The van der Waals surface area contributed by atoms with Gasteiger partial charge in [-0.05, 0) is 0 Å². The molecule has 0 aliphatic rings. The zero-order valence-electron chi connectivity index (χ0n) is 4.28. The SMILES string of the molecule is [CH2-]C(C)C.[Na+]. The Hall–Kier alpha value is 1.00. The summed E-state index contributed by atoms with van der Waals surface area (Å²) in [5.74, 6) is 0.583. The van der Waals surface area contributed by atoms with E-state index in [1.807, 2.05) is 0 Å². The number of hydrogen-bond donors (Lipinski definition) is 0. The predicted octanol–water partition coefficient (Wildman–Crippen LogP) is -1.52. The molecule has 0 saturated heterocycles. The van der Waals surface area contributed by atoms with Crippen molar-refractivity contribution >= 4 is 0 Å². The Morgan fingerprint density at radius 1 is 1.40 bits per heavy atom. The number of rotatable bonds is 0. The van der Waals surface area contributed by atoms with Gasteiger partial charge in [-0.25, -0.2) is 0 Å². The topological polar surface area (TPSA) is 0 Å². The zero-order chi connectivity index (χ0) is 3.58. The normalized spacial score (nSPS) is 7.20. The van der Waals surface area contributed by atoms with Gasteiger partial charge in [0, 0.05) is 0 Å². The summed E-state index contributed by atoms with van der Waals surface area (Å²) in [6.45, 7) is 7.75. The van der Waals surface area contributed by atoms with Crippen LogP contribution in [0.3, 0.4) is 0 Å². The molecule has 0 rings (SSSR count). The Morgan fingerprint density at radius 3 is 1.40 bits per heavy atom. The molecule has 0 aromatic rings. The van der Waals surface area contributed by atoms with Crippen LogP contribution in [0.4, 0.5) is 0 Å². The standard InChI is InChI=1S/C4H9.Na/c1-4(2)3;/h4H,1H2,2-3H3;/q-1;+1. The van der Waals surface area contributed by atoms with Gasteiger partial charge in [-0.1, -0.05) is 13.8 Å². The second-order valence-electron chi connectivity index (χ2n) is 1.39. The molecule has 0 radical (unpaired) electrons. The first-order chi connectivity index (χ1) is 1.73. The molecule has 0 spiro atoms. The van der Waals surface area contributed by atoms with Crippen LogP contribution in [0.15, 0.2) is 0 Å². The molecule has 0 nitrogen and oxygen atoms in total. The maximum absolute atomic E-state index is 3.64. The van der Waals surface area contributed by atoms with Crippen molar-refractivity contribution < 1.29 is 29.6 Å². The third-order valence-corrected chi connectivity index (χ3v) is 0. The van der Waals surface area contributed by atoms with E-state index in [2.05, 4.69) is 20.8 Å². The predicted molar refractivity (Wildman–Crippen MR) is 20.2 cm³/mol. The Kier molecular flexibility index (Phi) is 9.38. The zero-order valence-corrected chi connectivity index (χ0v) is 6.28.